The van der Waals surface area contributed by atoms with Gasteiger partial charge >= 0.3 is 5.97 Å². The van der Waals surface area contributed by atoms with Gasteiger partial charge in [-0.25, -0.2) is 0 Å². The van der Waals surface area contributed by atoms with Crippen LogP contribution in [0, 0.1) is 22.7 Å². The first-order valence-corrected chi connectivity index (χ1v) is 13.7. The molecule has 3 atom stereocenters. The Morgan fingerprint density at radius 2 is 1.61 bits per heavy atom. The number of hydrogen-bond donors (Lipinski definition) is 3. The van der Waals surface area contributed by atoms with E-state index in [2.05, 4.69) is 38.3 Å². The van der Waals surface area contributed by atoms with Gasteiger partial charge in [0.2, 0.25) is 11.8 Å². The molecule has 3 N–H and O–H groups in total. The fourth-order valence-corrected chi connectivity index (χ4v) is 4.54. The van der Waals surface area contributed by atoms with Crippen LogP contribution in [0.1, 0.15) is 107 Å². The number of carbonyl (C=O) groups excluding carboxylic acids is 2. The van der Waals surface area contributed by atoms with Crippen molar-refractivity contribution < 1.29 is 29.0 Å². The summed E-state index contributed by atoms with van der Waals surface area (Å²) in [4.78, 5) is 37.5. The summed E-state index contributed by atoms with van der Waals surface area (Å²) in [5.74, 6) is -2.93. The lowest BCUT2D eigenvalue weighted by Crippen LogP contribution is -2.57. The summed E-state index contributed by atoms with van der Waals surface area (Å²) in [5.41, 5.74) is -0.653. The van der Waals surface area contributed by atoms with Gasteiger partial charge in [-0.3, -0.25) is 14.4 Å². The molecule has 2 amide bonds. The van der Waals surface area contributed by atoms with Crippen molar-refractivity contribution in [3.63, 3.8) is 0 Å². The topological polar surface area (TPSA) is 114 Å². The molecule has 8 heteroatoms. The number of carbonyl (C=O) groups is 3. The quantitative estimate of drug-likeness (QED) is 0.269. The maximum atomic E-state index is 12.9. The molecule has 0 aromatic carbocycles. The highest BCUT2D eigenvalue weighted by Gasteiger charge is 2.45. The normalized spacial score (nSPS) is 20.8. The van der Waals surface area contributed by atoms with Crippen molar-refractivity contribution in [1.29, 1.82) is 0 Å². The molecule has 1 rings (SSSR count). The zero-order chi connectivity index (χ0) is 27.6. The monoisotopic (exact) mass is 512 g/mol. The third-order valence-electron chi connectivity index (χ3n) is 7.00. The van der Waals surface area contributed by atoms with Crippen LogP contribution in [0.3, 0.4) is 0 Å². The largest absolute Gasteiger partial charge is 0.481 e. The van der Waals surface area contributed by atoms with Crippen molar-refractivity contribution in [2.75, 3.05) is 19.7 Å². The molecule has 1 heterocycles. The van der Waals surface area contributed by atoms with E-state index in [0.717, 1.165) is 19.3 Å². The molecule has 0 aromatic rings. The second kappa shape index (κ2) is 14.3. The van der Waals surface area contributed by atoms with Crippen molar-refractivity contribution in [3.05, 3.63) is 0 Å². The zero-order valence-electron chi connectivity index (χ0n) is 24.0. The first-order valence-electron chi connectivity index (χ1n) is 13.7. The lowest BCUT2D eigenvalue weighted by molar-refractivity contribution is -0.304. The van der Waals surface area contributed by atoms with Crippen LogP contribution in [-0.4, -0.2) is 54.5 Å². The van der Waals surface area contributed by atoms with Gasteiger partial charge in [-0.1, -0.05) is 73.6 Å². The Morgan fingerprint density at radius 1 is 0.972 bits per heavy atom. The summed E-state index contributed by atoms with van der Waals surface area (Å²) in [6, 6.07) is 0. The highest BCUT2D eigenvalue weighted by Crippen LogP contribution is 2.35. The van der Waals surface area contributed by atoms with Crippen molar-refractivity contribution in [2.24, 2.45) is 22.7 Å². The number of hydrogen-bond acceptors (Lipinski definition) is 5. The number of carboxylic acid groups (broad SMARTS) is 1. The van der Waals surface area contributed by atoms with Gasteiger partial charge in [0, 0.05) is 24.4 Å². The van der Waals surface area contributed by atoms with Crippen molar-refractivity contribution >= 4 is 17.8 Å². The number of nitrogens with one attached hydrogen (secondary N) is 2. The minimum absolute atomic E-state index is 0.0156. The van der Waals surface area contributed by atoms with E-state index in [-0.39, 0.29) is 29.7 Å². The summed E-state index contributed by atoms with van der Waals surface area (Å²) in [7, 11) is 0. The van der Waals surface area contributed by atoms with Gasteiger partial charge in [-0.05, 0) is 38.5 Å². The first kappa shape index (κ1) is 32.4. The van der Waals surface area contributed by atoms with Crippen LogP contribution in [-0.2, 0) is 23.9 Å². The molecule has 1 saturated heterocycles. The van der Waals surface area contributed by atoms with Crippen molar-refractivity contribution in [2.45, 2.75) is 119 Å². The van der Waals surface area contributed by atoms with Gasteiger partial charge in [-0.2, -0.15) is 0 Å². The minimum atomic E-state index is -0.964. The maximum absolute atomic E-state index is 12.9. The van der Waals surface area contributed by atoms with Crippen LogP contribution >= 0.6 is 0 Å². The molecule has 1 aliphatic heterocycles. The number of amides is 2. The smallest absolute Gasteiger partial charge is 0.308 e. The second-order valence-corrected chi connectivity index (χ2v) is 12.5. The molecule has 0 aromatic heterocycles. The van der Waals surface area contributed by atoms with E-state index >= 15 is 0 Å². The van der Waals surface area contributed by atoms with Gasteiger partial charge < -0.3 is 25.2 Å². The number of unbranched alkanes of at least 4 members (excludes halogenated alkanes) is 4. The van der Waals surface area contributed by atoms with Crippen LogP contribution in [0.2, 0.25) is 0 Å². The van der Waals surface area contributed by atoms with E-state index in [1.54, 1.807) is 13.8 Å². The zero-order valence-corrected chi connectivity index (χ0v) is 24.0. The number of carboxylic acids is 1. The Morgan fingerprint density at radius 3 is 2.19 bits per heavy atom. The van der Waals surface area contributed by atoms with E-state index in [4.69, 9.17) is 9.47 Å². The summed E-state index contributed by atoms with van der Waals surface area (Å²) in [5, 5.41) is 15.4. The Balaban J connectivity index is 2.52. The summed E-state index contributed by atoms with van der Waals surface area (Å²) in [6.45, 7) is 16.6. The molecule has 36 heavy (non-hydrogen) atoms. The van der Waals surface area contributed by atoms with Crippen molar-refractivity contribution in [3.8, 4) is 0 Å². The molecule has 1 aliphatic rings. The third kappa shape index (κ3) is 11.2. The SMILES string of the molecule is CCCCCCCC(C(=O)NCCCC(CNC(=O)C1OC(C)(C)OCC1(C)C)C(=O)O)C(C)(C)C. The van der Waals surface area contributed by atoms with Gasteiger partial charge in [-0.15, -0.1) is 0 Å². The Kier molecular flexibility index (Phi) is 12.9. The lowest BCUT2D eigenvalue weighted by atomic mass is 9.77. The average Bonchev–Trinajstić information content (AvgIpc) is 2.76. The third-order valence-corrected chi connectivity index (χ3v) is 7.00. The predicted octanol–water partition coefficient (Wildman–Crippen LogP) is 4.90. The number of ether oxygens (including phenoxy) is 2. The Labute approximate surface area is 218 Å². The van der Waals surface area contributed by atoms with E-state index < -0.39 is 29.2 Å². The molecule has 210 valence electrons. The predicted molar refractivity (Wildman–Crippen MR) is 141 cm³/mol. The van der Waals surface area contributed by atoms with Crippen LogP contribution in [0.4, 0.5) is 0 Å². The summed E-state index contributed by atoms with van der Waals surface area (Å²) >= 11 is 0. The van der Waals surface area contributed by atoms with E-state index in [1.165, 1.54) is 19.3 Å². The minimum Gasteiger partial charge on any atom is -0.481 e. The molecular formula is C28H52N2O6. The summed E-state index contributed by atoms with van der Waals surface area (Å²) in [6.07, 6.45) is 6.84. The van der Waals surface area contributed by atoms with Gasteiger partial charge in [0.15, 0.2) is 5.79 Å². The van der Waals surface area contributed by atoms with Crippen LogP contribution in [0.25, 0.3) is 0 Å². The molecule has 0 radical (unpaired) electrons. The van der Waals surface area contributed by atoms with Crippen LogP contribution < -0.4 is 10.6 Å². The van der Waals surface area contributed by atoms with Gasteiger partial charge in [0.1, 0.15) is 6.10 Å². The number of rotatable bonds is 15. The Bertz CT molecular complexity index is 713. The first-order chi connectivity index (χ1) is 16.6. The fraction of sp³-hybridized carbons (Fsp3) is 0.893. The van der Waals surface area contributed by atoms with E-state index in [0.29, 0.717) is 26.0 Å². The highest BCUT2D eigenvalue weighted by molar-refractivity contribution is 5.82. The fourth-order valence-electron chi connectivity index (χ4n) is 4.54. The van der Waals surface area contributed by atoms with E-state index in [9.17, 15) is 19.5 Å². The highest BCUT2D eigenvalue weighted by atomic mass is 16.7. The van der Waals surface area contributed by atoms with Crippen LogP contribution in [0.5, 0.6) is 0 Å². The van der Waals surface area contributed by atoms with Gasteiger partial charge in [0.05, 0.1) is 12.5 Å². The average molecular weight is 513 g/mol. The van der Waals surface area contributed by atoms with Gasteiger partial charge in [0.25, 0.3) is 0 Å². The number of aliphatic carboxylic acids is 1. The standard InChI is InChI=1S/C28H52N2O6/c1-9-10-11-12-13-16-21(26(2,3)4)23(31)29-17-14-15-20(25(33)34)18-30-24(32)22-27(5,6)19-35-28(7,8)36-22/h20-22H,9-19H2,1-8H3,(H,29,31)(H,30,32)(H,33,34). The van der Waals surface area contributed by atoms with E-state index in [1.807, 2.05) is 13.8 Å². The summed E-state index contributed by atoms with van der Waals surface area (Å²) < 4.78 is 11.5. The Hall–Kier alpha value is -1.67. The molecule has 0 saturated carbocycles. The maximum Gasteiger partial charge on any atom is 0.308 e. The molecular weight excluding hydrogens is 460 g/mol. The molecule has 0 aliphatic carbocycles. The molecule has 0 bridgehead atoms. The molecule has 1 fully saturated rings. The van der Waals surface area contributed by atoms with Crippen molar-refractivity contribution in [1.82, 2.24) is 10.6 Å². The van der Waals surface area contributed by atoms with Crippen LogP contribution in [0.15, 0.2) is 0 Å². The molecule has 0 spiro atoms. The second-order valence-electron chi connectivity index (χ2n) is 12.5. The lowest BCUT2D eigenvalue weighted by Gasteiger charge is -2.44. The molecule has 8 nitrogen and oxygen atoms in total. The molecule has 3 unspecified atom stereocenters.